The molecule has 1 atom stereocenters. The van der Waals surface area contributed by atoms with Crippen molar-refractivity contribution >= 4 is 11.7 Å². The summed E-state index contributed by atoms with van der Waals surface area (Å²) in [5, 5.41) is 6.02. The zero-order chi connectivity index (χ0) is 16.1. The molecule has 2 N–H and O–H groups in total. The molecule has 120 valence electrons. The number of anilines is 1. The lowest BCUT2D eigenvalue weighted by atomic mass is 9.88. The number of methoxy groups -OCH3 is 1. The molecule has 0 saturated carbocycles. The monoisotopic (exact) mass is 310 g/mol. The maximum Gasteiger partial charge on any atom is 0.319 e. The van der Waals surface area contributed by atoms with Gasteiger partial charge in [-0.05, 0) is 36.5 Å². The number of ether oxygens (including phenoxy) is 1. The van der Waals surface area contributed by atoms with Gasteiger partial charge in [0, 0.05) is 24.4 Å². The van der Waals surface area contributed by atoms with Crippen molar-refractivity contribution < 1.29 is 9.53 Å². The summed E-state index contributed by atoms with van der Waals surface area (Å²) in [6.45, 7) is 0.479. The van der Waals surface area contributed by atoms with E-state index >= 15 is 0 Å². The number of benzene rings is 2. The van der Waals surface area contributed by atoms with Gasteiger partial charge < -0.3 is 15.4 Å². The fourth-order valence-electron chi connectivity index (χ4n) is 3.09. The van der Waals surface area contributed by atoms with Gasteiger partial charge in [0.25, 0.3) is 0 Å². The first-order valence-electron chi connectivity index (χ1n) is 7.97. The van der Waals surface area contributed by atoms with E-state index in [1.54, 1.807) is 7.11 Å². The van der Waals surface area contributed by atoms with Gasteiger partial charge in [0.2, 0.25) is 0 Å². The van der Waals surface area contributed by atoms with Crippen molar-refractivity contribution in [2.24, 2.45) is 0 Å². The second-order valence-corrected chi connectivity index (χ2v) is 5.90. The summed E-state index contributed by atoms with van der Waals surface area (Å²) in [5.41, 5.74) is 4.50. The number of rotatable bonds is 4. The number of nitrogens with one attached hydrogen (secondary N) is 2. The highest BCUT2D eigenvalue weighted by molar-refractivity contribution is 5.90. The smallest absolute Gasteiger partial charge is 0.319 e. The predicted molar refractivity (Wildman–Crippen MR) is 91.6 cm³/mol. The molecule has 3 rings (SSSR count). The lowest BCUT2D eigenvalue weighted by Crippen LogP contribution is -2.41. The number of hydrogen-bond donors (Lipinski definition) is 2. The zero-order valence-electron chi connectivity index (χ0n) is 13.3. The van der Waals surface area contributed by atoms with Crippen molar-refractivity contribution in [3.8, 4) is 0 Å². The maximum atomic E-state index is 12.3. The van der Waals surface area contributed by atoms with Crippen molar-refractivity contribution in [1.82, 2.24) is 5.32 Å². The van der Waals surface area contributed by atoms with Gasteiger partial charge in [-0.15, -0.1) is 0 Å². The molecule has 0 aromatic heterocycles. The molecule has 2 amide bonds. The van der Waals surface area contributed by atoms with Gasteiger partial charge in [-0.3, -0.25) is 0 Å². The highest BCUT2D eigenvalue weighted by atomic mass is 16.5. The summed E-state index contributed by atoms with van der Waals surface area (Å²) in [6.07, 6.45) is 2.88. The van der Waals surface area contributed by atoms with Gasteiger partial charge in [0.15, 0.2) is 0 Å². The minimum absolute atomic E-state index is 0.155. The Morgan fingerprint density at radius 3 is 2.70 bits per heavy atom. The molecule has 4 heteroatoms. The van der Waals surface area contributed by atoms with Crippen LogP contribution in [0, 0.1) is 0 Å². The van der Waals surface area contributed by atoms with Crippen LogP contribution >= 0.6 is 0 Å². The topological polar surface area (TPSA) is 50.4 Å². The van der Waals surface area contributed by atoms with Crippen LogP contribution < -0.4 is 10.6 Å². The van der Waals surface area contributed by atoms with Crippen LogP contribution in [0.3, 0.4) is 0 Å². The highest BCUT2D eigenvalue weighted by Gasteiger charge is 2.20. The van der Waals surface area contributed by atoms with Crippen LogP contribution in [0.25, 0.3) is 0 Å². The molecular formula is C19H22N2O2. The summed E-state index contributed by atoms with van der Waals surface area (Å²) in [7, 11) is 1.65. The first kappa shape index (κ1) is 15.6. The first-order chi connectivity index (χ1) is 11.3. The van der Waals surface area contributed by atoms with E-state index in [4.69, 9.17) is 4.74 Å². The number of carbonyl (C=O) groups is 1. The van der Waals surface area contributed by atoms with Crippen molar-refractivity contribution in [2.75, 3.05) is 12.4 Å². The zero-order valence-corrected chi connectivity index (χ0v) is 13.3. The molecule has 0 heterocycles. The van der Waals surface area contributed by atoms with E-state index in [9.17, 15) is 4.79 Å². The SMILES string of the molecule is COCc1ccccc1NC(=O)NC1CCc2ccccc2C1. The van der Waals surface area contributed by atoms with Crippen molar-refractivity contribution in [3.05, 3.63) is 65.2 Å². The average molecular weight is 310 g/mol. The van der Waals surface area contributed by atoms with Crippen molar-refractivity contribution in [1.29, 1.82) is 0 Å². The Morgan fingerprint density at radius 1 is 1.13 bits per heavy atom. The quantitative estimate of drug-likeness (QED) is 0.908. The van der Waals surface area contributed by atoms with E-state index in [0.717, 1.165) is 30.5 Å². The molecule has 1 unspecified atom stereocenters. The molecule has 23 heavy (non-hydrogen) atoms. The van der Waals surface area contributed by atoms with Crippen molar-refractivity contribution in [3.63, 3.8) is 0 Å². The van der Waals surface area contributed by atoms with Gasteiger partial charge >= 0.3 is 6.03 Å². The Labute approximate surface area is 136 Å². The largest absolute Gasteiger partial charge is 0.380 e. The van der Waals surface area contributed by atoms with Crippen LogP contribution in [-0.2, 0) is 24.2 Å². The fraction of sp³-hybridized carbons (Fsp3) is 0.316. The maximum absolute atomic E-state index is 12.3. The van der Waals surface area contributed by atoms with Crippen LogP contribution in [0.5, 0.6) is 0 Å². The van der Waals surface area contributed by atoms with Crippen molar-refractivity contribution in [2.45, 2.75) is 31.9 Å². The minimum atomic E-state index is -0.155. The van der Waals surface area contributed by atoms with Crippen LogP contribution in [0.1, 0.15) is 23.1 Å². The molecule has 0 bridgehead atoms. The van der Waals surface area contributed by atoms with Crippen LogP contribution in [-0.4, -0.2) is 19.2 Å². The molecule has 0 radical (unpaired) electrons. The van der Waals surface area contributed by atoms with E-state index in [0.29, 0.717) is 6.61 Å². The van der Waals surface area contributed by atoms with E-state index < -0.39 is 0 Å². The second-order valence-electron chi connectivity index (χ2n) is 5.90. The van der Waals surface area contributed by atoms with E-state index in [1.165, 1.54) is 11.1 Å². The normalized spacial score (nSPS) is 16.5. The van der Waals surface area contributed by atoms with Gasteiger partial charge in [0.05, 0.1) is 6.61 Å². The number of amides is 2. The Balaban J connectivity index is 1.60. The number of urea groups is 1. The number of aryl methyl sites for hydroxylation is 1. The van der Waals surface area contributed by atoms with Crippen LogP contribution in [0.15, 0.2) is 48.5 Å². The first-order valence-corrected chi connectivity index (χ1v) is 7.97. The van der Waals surface area contributed by atoms with Gasteiger partial charge in [0.1, 0.15) is 0 Å². The number of hydrogen-bond acceptors (Lipinski definition) is 2. The lowest BCUT2D eigenvalue weighted by molar-refractivity contribution is 0.185. The molecule has 1 aliphatic carbocycles. The predicted octanol–water partition coefficient (Wildman–Crippen LogP) is 3.51. The Bertz CT molecular complexity index is 685. The van der Waals surface area contributed by atoms with E-state index in [1.807, 2.05) is 24.3 Å². The molecule has 0 fully saturated rings. The molecule has 0 spiro atoms. The number of carbonyl (C=O) groups excluding carboxylic acids is 1. The summed E-state index contributed by atoms with van der Waals surface area (Å²) >= 11 is 0. The van der Waals surface area contributed by atoms with Gasteiger partial charge in [-0.1, -0.05) is 42.5 Å². The molecule has 2 aromatic rings. The van der Waals surface area contributed by atoms with Gasteiger partial charge in [-0.25, -0.2) is 4.79 Å². The molecule has 2 aromatic carbocycles. The molecule has 1 aliphatic rings. The highest BCUT2D eigenvalue weighted by Crippen LogP contribution is 2.21. The standard InChI is InChI=1S/C19H22N2O2/c1-23-13-16-8-4-5-9-18(16)21-19(22)20-17-11-10-14-6-2-3-7-15(14)12-17/h2-9,17H,10-13H2,1H3,(H2,20,21,22). The molecule has 0 saturated heterocycles. The molecule has 0 aliphatic heterocycles. The third kappa shape index (κ3) is 3.90. The molecule has 4 nitrogen and oxygen atoms in total. The Hall–Kier alpha value is -2.33. The van der Waals surface area contributed by atoms with Gasteiger partial charge in [-0.2, -0.15) is 0 Å². The lowest BCUT2D eigenvalue weighted by Gasteiger charge is -2.25. The summed E-state index contributed by atoms with van der Waals surface area (Å²) < 4.78 is 5.17. The van der Waals surface area contributed by atoms with Crippen LogP contribution in [0.4, 0.5) is 10.5 Å². The average Bonchev–Trinajstić information content (AvgIpc) is 2.57. The Kier molecular flexibility index (Phi) is 4.93. The summed E-state index contributed by atoms with van der Waals surface area (Å²) in [6, 6.07) is 16.2. The summed E-state index contributed by atoms with van der Waals surface area (Å²) in [4.78, 5) is 12.3. The van der Waals surface area contributed by atoms with E-state index in [2.05, 4.69) is 34.9 Å². The Morgan fingerprint density at radius 2 is 1.87 bits per heavy atom. The van der Waals surface area contributed by atoms with Crippen LogP contribution in [0.2, 0.25) is 0 Å². The summed E-state index contributed by atoms with van der Waals surface area (Å²) in [5.74, 6) is 0. The fourth-order valence-corrected chi connectivity index (χ4v) is 3.09. The minimum Gasteiger partial charge on any atom is -0.380 e. The third-order valence-electron chi connectivity index (χ3n) is 4.25. The number of fused-ring (bicyclic) bond motifs is 1. The second kappa shape index (κ2) is 7.29. The molecular weight excluding hydrogens is 288 g/mol. The third-order valence-corrected chi connectivity index (χ3v) is 4.25. The number of para-hydroxylation sites is 1. The van der Waals surface area contributed by atoms with E-state index in [-0.39, 0.29) is 12.1 Å².